The van der Waals surface area contributed by atoms with Gasteiger partial charge in [0, 0.05) is 29.3 Å². The van der Waals surface area contributed by atoms with Gasteiger partial charge in [-0.1, -0.05) is 17.9 Å². The van der Waals surface area contributed by atoms with Crippen molar-refractivity contribution in [2.75, 3.05) is 6.61 Å². The first-order valence-corrected chi connectivity index (χ1v) is 8.47. The molecule has 0 aliphatic rings. The number of hydrogen-bond donors (Lipinski definition) is 2. The SMILES string of the molecule is CC(Cc1cccs1)NC(=O)c1sccc1C#CCCO. The van der Waals surface area contributed by atoms with Gasteiger partial charge in [0.15, 0.2) is 0 Å². The Morgan fingerprint density at radius 3 is 2.95 bits per heavy atom. The Kier molecular flexibility index (Phi) is 6.00. The van der Waals surface area contributed by atoms with Gasteiger partial charge < -0.3 is 10.4 Å². The zero-order valence-corrected chi connectivity index (χ0v) is 13.4. The van der Waals surface area contributed by atoms with Crippen LogP contribution in [0.5, 0.6) is 0 Å². The first kappa shape index (κ1) is 15.8. The number of thiophene rings is 2. The van der Waals surface area contributed by atoms with Crippen LogP contribution in [-0.2, 0) is 6.42 Å². The van der Waals surface area contributed by atoms with Gasteiger partial charge in [0.1, 0.15) is 4.88 Å². The summed E-state index contributed by atoms with van der Waals surface area (Å²) in [6.45, 7) is 2.04. The van der Waals surface area contributed by atoms with Crippen LogP contribution in [0.25, 0.3) is 0 Å². The summed E-state index contributed by atoms with van der Waals surface area (Å²) >= 11 is 3.09. The molecule has 0 saturated heterocycles. The zero-order chi connectivity index (χ0) is 15.1. The fraction of sp³-hybridized carbons (Fsp3) is 0.312. The molecule has 0 aliphatic carbocycles. The van der Waals surface area contributed by atoms with E-state index in [9.17, 15) is 4.79 Å². The second-order valence-electron chi connectivity index (χ2n) is 4.60. The minimum atomic E-state index is -0.0812. The van der Waals surface area contributed by atoms with E-state index in [0.717, 1.165) is 12.0 Å². The largest absolute Gasteiger partial charge is 0.395 e. The molecule has 0 bridgehead atoms. The number of rotatable bonds is 5. The van der Waals surface area contributed by atoms with Crippen molar-refractivity contribution in [3.05, 3.63) is 44.3 Å². The summed E-state index contributed by atoms with van der Waals surface area (Å²) < 4.78 is 0. The third-order valence-electron chi connectivity index (χ3n) is 2.80. The van der Waals surface area contributed by atoms with Crippen LogP contribution in [0.3, 0.4) is 0 Å². The molecule has 5 heteroatoms. The molecule has 21 heavy (non-hydrogen) atoms. The smallest absolute Gasteiger partial charge is 0.262 e. The lowest BCUT2D eigenvalue weighted by Gasteiger charge is -2.12. The second kappa shape index (κ2) is 7.99. The maximum Gasteiger partial charge on any atom is 0.262 e. The number of aliphatic hydroxyl groups excluding tert-OH is 1. The van der Waals surface area contributed by atoms with Crippen LogP contribution in [0.4, 0.5) is 0 Å². The van der Waals surface area contributed by atoms with Crippen molar-refractivity contribution in [2.45, 2.75) is 25.8 Å². The lowest BCUT2D eigenvalue weighted by molar-refractivity contribution is 0.0944. The molecule has 0 fully saturated rings. The normalized spacial score (nSPS) is 11.5. The Morgan fingerprint density at radius 1 is 1.38 bits per heavy atom. The Labute approximate surface area is 132 Å². The molecule has 0 radical (unpaired) electrons. The molecule has 0 saturated carbocycles. The van der Waals surface area contributed by atoms with Crippen LogP contribution in [-0.4, -0.2) is 23.7 Å². The van der Waals surface area contributed by atoms with Crippen molar-refractivity contribution in [3.8, 4) is 11.8 Å². The monoisotopic (exact) mass is 319 g/mol. The van der Waals surface area contributed by atoms with Crippen molar-refractivity contribution in [2.24, 2.45) is 0 Å². The minimum absolute atomic E-state index is 0.0382. The molecule has 2 heterocycles. The first-order valence-electron chi connectivity index (χ1n) is 6.71. The molecule has 2 aromatic heterocycles. The van der Waals surface area contributed by atoms with E-state index in [-0.39, 0.29) is 18.6 Å². The number of amides is 1. The first-order chi connectivity index (χ1) is 10.2. The van der Waals surface area contributed by atoms with E-state index in [2.05, 4.69) is 23.2 Å². The summed E-state index contributed by atoms with van der Waals surface area (Å²) in [4.78, 5) is 14.2. The quantitative estimate of drug-likeness (QED) is 0.833. The van der Waals surface area contributed by atoms with E-state index < -0.39 is 0 Å². The summed E-state index contributed by atoms with van der Waals surface area (Å²) in [5, 5.41) is 15.7. The highest BCUT2D eigenvalue weighted by Crippen LogP contribution is 2.17. The van der Waals surface area contributed by atoms with Crippen LogP contribution >= 0.6 is 22.7 Å². The third-order valence-corrected chi connectivity index (χ3v) is 4.61. The van der Waals surface area contributed by atoms with E-state index in [4.69, 9.17) is 5.11 Å². The van der Waals surface area contributed by atoms with Crippen molar-refractivity contribution < 1.29 is 9.90 Å². The van der Waals surface area contributed by atoms with Gasteiger partial charge in [-0.2, -0.15) is 0 Å². The number of hydrogen-bond acceptors (Lipinski definition) is 4. The molecule has 0 aromatic carbocycles. The highest BCUT2D eigenvalue weighted by molar-refractivity contribution is 7.12. The molecular formula is C16H17NO2S2. The lowest BCUT2D eigenvalue weighted by atomic mass is 10.2. The Hall–Kier alpha value is -1.61. The fourth-order valence-electron chi connectivity index (χ4n) is 1.87. The van der Waals surface area contributed by atoms with Gasteiger partial charge in [-0.05, 0) is 29.8 Å². The predicted octanol–water partition coefficient (Wildman–Crippen LogP) is 2.90. The van der Waals surface area contributed by atoms with E-state index in [1.807, 2.05) is 29.8 Å². The van der Waals surface area contributed by atoms with Gasteiger partial charge in [-0.25, -0.2) is 0 Å². The number of carbonyl (C=O) groups is 1. The molecule has 2 aromatic rings. The Morgan fingerprint density at radius 2 is 2.24 bits per heavy atom. The van der Waals surface area contributed by atoms with E-state index in [1.54, 1.807) is 11.3 Å². The molecule has 1 unspecified atom stereocenters. The molecule has 0 aliphatic heterocycles. The van der Waals surface area contributed by atoms with Gasteiger partial charge in [0.05, 0.1) is 6.61 Å². The molecule has 0 spiro atoms. The number of aliphatic hydroxyl groups is 1. The summed E-state index contributed by atoms with van der Waals surface area (Å²) in [6.07, 6.45) is 1.26. The van der Waals surface area contributed by atoms with Crippen LogP contribution in [0, 0.1) is 11.8 Å². The van der Waals surface area contributed by atoms with Crippen LogP contribution in [0.1, 0.15) is 33.5 Å². The predicted molar refractivity (Wildman–Crippen MR) is 87.9 cm³/mol. The van der Waals surface area contributed by atoms with Crippen molar-refractivity contribution in [1.82, 2.24) is 5.32 Å². The Bertz CT molecular complexity index is 635. The van der Waals surface area contributed by atoms with Crippen molar-refractivity contribution >= 4 is 28.6 Å². The van der Waals surface area contributed by atoms with E-state index in [1.165, 1.54) is 16.2 Å². The highest BCUT2D eigenvalue weighted by atomic mass is 32.1. The summed E-state index contributed by atoms with van der Waals surface area (Å²) in [7, 11) is 0. The molecule has 2 rings (SSSR count). The number of nitrogens with one attached hydrogen (secondary N) is 1. The van der Waals surface area contributed by atoms with Gasteiger partial charge in [0.25, 0.3) is 5.91 Å². The molecule has 110 valence electrons. The standard InChI is InChI=1S/C16H17NO2S2/c1-12(11-14-6-4-9-20-14)17-16(19)15-13(7-10-21-15)5-2-3-8-18/h4,6-7,9-10,12,18H,3,8,11H2,1H3,(H,17,19). The maximum atomic E-state index is 12.3. The third kappa shape index (κ3) is 4.71. The van der Waals surface area contributed by atoms with Crippen molar-refractivity contribution in [1.29, 1.82) is 0 Å². The fourth-order valence-corrected chi connectivity index (χ4v) is 3.46. The summed E-state index contributed by atoms with van der Waals surface area (Å²) in [6, 6.07) is 6.01. The topological polar surface area (TPSA) is 49.3 Å². The van der Waals surface area contributed by atoms with Crippen LogP contribution in [0.15, 0.2) is 29.0 Å². The molecule has 1 atom stereocenters. The summed E-state index contributed by atoms with van der Waals surface area (Å²) in [5.74, 6) is 5.71. The highest BCUT2D eigenvalue weighted by Gasteiger charge is 2.15. The molecule has 2 N–H and O–H groups in total. The lowest BCUT2D eigenvalue weighted by Crippen LogP contribution is -2.33. The second-order valence-corrected chi connectivity index (χ2v) is 6.55. The molecule has 3 nitrogen and oxygen atoms in total. The maximum absolute atomic E-state index is 12.3. The Balaban J connectivity index is 1.97. The average Bonchev–Trinajstić information content (AvgIpc) is 3.10. The minimum Gasteiger partial charge on any atom is -0.395 e. The van der Waals surface area contributed by atoms with Crippen LogP contribution < -0.4 is 5.32 Å². The number of carbonyl (C=O) groups excluding carboxylic acids is 1. The van der Waals surface area contributed by atoms with Crippen LogP contribution in [0.2, 0.25) is 0 Å². The van der Waals surface area contributed by atoms with Gasteiger partial charge >= 0.3 is 0 Å². The summed E-state index contributed by atoms with van der Waals surface area (Å²) in [5.41, 5.74) is 0.731. The van der Waals surface area contributed by atoms with Gasteiger partial charge in [-0.15, -0.1) is 22.7 Å². The van der Waals surface area contributed by atoms with Gasteiger partial charge in [-0.3, -0.25) is 4.79 Å². The van der Waals surface area contributed by atoms with E-state index >= 15 is 0 Å². The van der Waals surface area contributed by atoms with Gasteiger partial charge in [0.2, 0.25) is 0 Å². The zero-order valence-electron chi connectivity index (χ0n) is 11.8. The van der Waals surface area contributed by atoms with E-state index in [0.29, 0.717) is 11.3 Å². The van der Waals surface area contributed by atoms with Crippen molar-refractivity contribution in [3.63, 3.8) is 0 Å². The average molecular weight is 319 g/mol. The molecular weight excluding hydrogens is 302 g/mol. The molecule has 1 amide bonds.